The molecule has 1 unspecified atom stereocenters. The molecule has 27 heavy (non-hydrogen) atoms. The van der Waals surface area contributed by atoms with Crippen molar-refractivity contribution >= 4 is 30.0 Å². The number of anilines is 1. The van der Waals surface area contributed by atoms with Crippen LogP contribution in [0.3, 0.4) is 0 Å². The van der Waals surface area contributed by atoms with Gasteiger partial charge in [-0.25, -0.2) is 4.79 Å². The number of benzene rings is 1. The second-order valence-corrected chi connectivity index (χ2v) is 6.59. The van der Waals surface area contributed by atoms with E-state index >= 15 is 0 Å². The third-order valence-electron chi connectivity index (χ3n) is 4.36. The summed E-state index contributed by atoms with van der Waals surface area (Å²) in [5.74, 6) is -0.187. The molecule has 0 aliphatic carbocycles. The second-order valence-electron chi connectivity index (χ2n) is 6.59. The van der Waals surface area contributed by atoms with E-state index in [0.717, 1.165) is 18.5 Å². The molecule has 152 valence electrons. The molecule has 1 aromatic rings. The highest BCUT2D eigenvalue weighted by atomic mass is 35.5. The van der Waals surface area contributed by atoms with E-state index in [1.165, 1.54) is 0 Å². The summed E-state index contributed by atoms with van der Waals surface area (Å²) < 4.78 is 4.90. The zero-order valence-corrected chi connectivity index (χ0v) is 16.6. The molecule has 1 heterocycles. The topological polar surface area (TPSA) is 112 Å². The number of aryl methyl sites for hydroxylation is 1. The van der Waals surface area contributed by atoms with Gasteiger partial charge in [0.05, 0.1) is 12.2 Å². The summed E-state index contributed by atoms with van der Waals surface area (Å²) in [6, 6.07) is 4.68. The van der Waals surface area contributed by atoms with Crippen LogP contribution in [0.1, 0.15) is 28.8 Å². The maximum absolute atomic E-state index is 12.1. The molecule has 1 fully saturated rings. The lowest BCUT2D eigenvalue weighted by atomic mass is 9.94. The fraction of sp³-hybridized carbons (Fsp3) is 0.556. The number of aliphatic hydroxyl groups is 1. The molecule has 0 spiro atoms. The van der Waals surface area contributed by atoms with Crippen molar-refractivity contribution in [2.24, 2.45) is 0 Å². The van der Waals surface area contributed by atoms with Crippen molar-refractivity contribution in [3.8, 4) is 0 Å². The Labute approximate surface area is 165 Å². The molecule has 1 atom stereocenters. The second kappa shape index (κ2) is 11.1. The predicted molar refractivity (Wildman–Crippen MR) is 107 cm³/mol. The highest BCUT2D eigenvalue weighted by Crippen LogP contribution is 2.17. The van der Waals surface area contributed by atoms with Crippen LogP contribution in [0.25, 0.3) is 0 Å². The van der Waals surface area contributed by atoms with Gasteiger partial charge in [-0.15, -0.1) is 12.4 Å². The number of rotatable bonds is 7. The number of β-amino-alcohol motifs (C(OH)–C–C–N with tert-alkyl or cyclic N) is 1. The summed E-state index contributed by atoms with van der Waals surface area (Å²) in [5, 5.41) is 21.7. The van der Waals surface area contributed by atoms with Crippen LogP contribution in [0.2, 0.25) is 0 Å². The van der Waals surface area contributed by atoms with E-state index in [2.05, 4.69) is 21.3 Å². The Morgan fingerprint density at radius 3 is 2.74 bits per heavy atom. The van der Waals surface area contributed by atoms with Crippen LogP contribution in [0.15, 0.2) is 18.2 Å². The summed E-state index contributed by atoms with van der Waals surface area (Å²) >= 11 is 0. The molecule has 1 aliphatic heterocycles. The fourth-order valence-electron chi connectivity index (χ4n) is 2.83. The summed E-state index contributed by atoms with van der Waals surface area (Å²) in [4.78, 5) is 24.1. The lowest BCUT2D eigenvalue weighted by Gasteiger charge is -2.32. The van der Waals surface area contributed by atoms with Crippen LogP contribution in [0.4, 0.5) is 10.5 Å². The standard InChI is InChI=1S/C18H28N4O4.ClH/c1-13-10-14(16(23)20-8-9-26-2)4-5-15(13)22-17(24)21-12-18(25)6-3-7-19-11-18;/h4-5,10,19,25H,3,6-9,11-12H2,1-2H3,(H,20,23)(H2,21,22,24);1H. The monoisotopic (exact) mass is 400 g/mol. The summed E-state index contributed by atoms with van der Waals surface area (Å²) in [5.41, 5.74) is 1.00. The first-order valence-electron chi connectivity index (χ1n) is 8.79. The zero-order valence-electron chi connectivity index (χ0n) is 15.8. The third kappa shape index (κ3) is 7.34. The summed E-state index contributed by atoms with van der Waals surface area (Å²) in [6.07, 6.45) is 1.54. The average molecular weight is 401 g/mol. The lowest BCUT2D eigenvalue weighted by Crippen LogP contribution is -2.53. The van der Waals surface area contributed by atoms with Crippen molar-refractivity contribution in [1.29, 1.82) is 0 Å². The molecule has 1 saturated heterocycles. The van der Waals surface area contributed by atoms with E-state index in [1.54, 1.807) is 25.3 Å². The van der Waals surface area contributed by atoms with Gasteiger partial charge in [0.25, 0.3) is 5.91 Å². The molecule has 8 nitrogen and oxygen atoms in total. The van der Waals surface area contributed by atoms with Crippen LogP contribution in [-0.4, -0.2) is 62.5 Å². The van der Waals surface area contributed by atoms with Gasteiger partial charge in [-0.3, -0.25) is 4.79 Å². The molecular formula is C18H29ClN4O4. The van der Waals surface area contributed by atoms with E-state index in [9.17, 15) is 14.7 Å². The molecule has 3 amide bonds. The Hall–Kier alpha value is -1.87. The Bertz CT molecular complexity index is 636. The number of hydrogen-bond acceptors (Lipinski definition) is 5. The van der Waals surface area contributed by atoms with Gasteiger partial charge >= 0.3 is 6.03 Å². The molecule has 9 heteroatoms. The Balaban J connectivity index is 0.00000364. The maximum atomic E-state index is 12.1. The van der Waals surface area contributed by atoms with Crippen LogP contribution in [-0.2, 0) is 4.74 Å². The van der Waals surface area contributed by atoms with Gasteiger partial charge in [0.2, 0.25) is 0 Å². The molecule has 1 aliphatic rings. The SMILES string of the molecule is COCCNC(=O)c1ccc(NC(=O)NCC2(O)CCCNC2)c(C)c1.Cl. The van der Waals surface area contributed by atoms with E-state index in [1.807, 2.05) is 6.92 Å². The smallest absolute Gasteiger partial charge is 0.319 e. The van der Waals surface area contributed by atoms with E-state index in [4.69, 9.17) is 4.74 Å². The van der Waals surface area contributed by atoms with Crippen molar-refractivity contribution < 1.29 is 19.4 Å². The normalized spacial score (nSPS) is 18.9. The Morgan fingerprint density at radius 1 is 1.33 bits per heavy atom. The molecule has 1 aromatic carbocycles. The molecular weight excluding hydrogens is 372 g/mol. The van der Waals surface area contributed by atoms with Gasteiger partial charge in [-0.1, -0.05) is 0 Å². The summed E-state index contributed by atoms with van der Waals surface area (Å²) in [7, 11) is 1.57. The first kappa shape index (κ1) is 23.2. The number of carbonyl (C=O) groups excluding carboxylic acids is 2. The van der Waals surface area contributed by atoms with Gasteiger partial charge in [0.1, 0.15) is 0 Å². The zero-order chi connectivity index (χ0) is 19.0. The lowest BCUT2D eigenvalue weighted by molar-refractivity contribution is 0.0198. The minimum Gasteiger partial charge on any atom is -0.387 e. The van der Waals surface area contributed by atoms with Crippen molar-refractivity contribution in [3.63, 3.8) is 0 Å². The van der Waals surface area contributed by atoms with Crippen LogP contribution < -0.4 is 21.3 Å². The highest BCUT2D eigenvalue weighted by Gasteiger charge is 2.29. The number of ether oxygens (including phenoxy) is 1. The van der Waals surface area contributed by atoms with E-state index in [0.29, 0.717) is 37.4 Å². The number of carbonyl (C=O) groups is 2. The van der Waals surface area contributed by atoms with Crippen LogP contribution in [0, 0.1) is 6.92 Å². The maximum Gasteiger partial charge on any atom is 0.319 e. The van der Waals surface area contributed by atoms with Gasteiger partial charge in [-0.2, -0.15) is 0 Å². The van der Waals surface area contributed by atoms with E-state index in [-0.39, 0.29) is 30.9 Å². The fourth-order valence-corrected chi connectivity index (χ4v) is 2.83. The molecule has 0 saturated carbocycles. The minimum absolute atomic E-state index is 0. The number of methoxy groups -OCH3 is 1. The number of piperidine rings is 1. The predicted octanol–water partition coefficient (Wildman–Crippen LogP) is 1.03. The molecule has 0 radical (unpaired) electrons. The van der Waals surface area contributed by atoms with Gasteiger partial charge in [0, 0.05) is 38.0 Å². The molecule has 0 bridgehead atoms. The largest absolute Gasteiger partial charge is 0.387 e. The average Bonchev–Trinajstić information content (AvgIpc) is 2.62. The Morgan fingerprint density at radius 2 is 2.11 bits per heavy atom. The minimum atomic E-state index is -0.908. The quantitative estimate of drug-likeness (QED) is 0.439. The van der Waals surface area contributed by atoms with Gasteiger partial charge in [0.15, 0.2) is 0 Å². The molecule has 5 N–H and O–H groups in total. The number of amides is 3. The number of halogens is 1. The van der Waals surface area contributed by atoms with Crippen molar-refractivity contribution in [1.82, 2.24) is 16.0 Å². The van der Waals surface area contributed by atoms with E-state index < -0.39 is 5.60 Å². The van der Waals surface area contributed by atoms with Crippen LogP contribution >= 0.6 is 12.4 Å². The first-order chi connectivity index (χ1) is 12.4. The number of nitrogens with one attached hydrogen (secondary N) is 4. The molecule has 2 rings (SSSR count). The van der Waals surface area contributed by atoms with Crippen molar-refractivity contribution in [2.75, 3.05) is 45.2 Å². The first-order valence-corrected chi connectivity index (χ1v) is 8.79. The number of hydrogen-bond donors (Lipinski definition) is 5. The number of urea groups is 1. The van der Waals surface area contributed by atoms with Crippen LogP contribution in [0.5, 0.6) is 0 Å². The molecule has 0 aromatic heterocycles. The highest BCUT2D eigenvalue weighted by molar-refractivity contribution is 5.96. The summed E-state index contributed by atoms with van der Waals surface area (Å²) in [6.45, 7) is 4.25. The van der Waals surface area contributed by atoms with Crippen molar-refractivity contribution in [2.45, 2.75) is 25.4 Å². The van der Waals surface area contributed by atoms with Crippen molar-refractivity contribution in [3.05, 3.63) is 29.3 Å². The Kier molecular flexibility index (Phi) is 9.51. The van der Waals surface area contributed by atoms with Gasteiger partial charge < -0.3 is 31.1 Å². The third-order valence-corrected chi connectivity index (χ3v) is 4.36. The van der Waals surface area contributed by atoms with Gasteiger partial charge in [-0.05, 0) is 50.1 Å².